The summed E-state index contributed by atoms with van der Waals surface area (Å²) in [5.41, 5.74) is 1.50. The number of hydrogen-bond acceptors (Lipinski definition) is 6. The number of pyridine rings is 1. The van der Waals surface area contributed by atoms with Gasteiger partial charge in [-0.1, -0.05) is 22.9 Å². The van der Waals surface area contributed by atoms with Gasteiger partial charge in [-0.3, -0.25) is 14.1 Å². The second-order valence-corrected chi connectivity index (χ2v) is 9.50. The number of nitrogens with zero attached hydrogens (tertiary/aromatic N) is 3. The number of rotatable bonds is 4. The van der Waals surface area contributed by atoms with Crippen LogP contribution in [0, 0.1) is 11.7 Å². The Morgan fingerprint density at radius 3 is 2.87 bits per heavy atom. The third-order valence-electron chi connectivity index (χ3n) is 4.83. The predicted molar refractivity (Wildman–Crippen MR) is 111 cm³/mol. The van der Waals surface area contributed by atoms with Gasteiger partial charge in [0.25, 0.3) is 0 Å². The van der Waals surface area contributed by atoms with E-state index < -0.39 is 34.6 Å². The molecule has 1 fully saturated rings. The molecule has 0 bridgehead atoms. The largest absolute Gasteiger partial charge is 0.302 e. The minimum Gasteiger partial charge on any atom is -0.302 e. The van der Waals surface area contributed by atoms with Crippen molar-refractivity contribution in [3.05, 3.63) is 29.2 Å². The number of alkyl halides is 1. The van der Waals surface area contributed by atoms with Crippen molar-refractivity contribution in [1.82, 2.24) is 20.2 Å². The molecule has 3 atom stereocenters. The van der Waals surface area contributed by atoms with Gasteiger partial charge in [-0.15, -0.1) is 0 Å². The molecule has 7 nitrogen and oxygen atoms in total. The van der Waals surface area contributed by atoms with Gasteiger partial charge in [-0.2, -0.15) is 5.10 Å². The molecule has 1 amide bonds. The van der Waals surface area contributed by atoms with Crippen molar-refractivity contribution < 1.29 is 17.8 Å². The van der Waals surface area contributed by atoms with Crippen LogP contribution in [-0.2, 0) is 15.6 Å². The fraction of sp³-hybridized carbons (Fsp3) is 0.222. The van der Waals surface area contributed by atoms with Crippen molar-refractivity contribution >= 4 is 66.0 Å². The van der Waals surface area contributed by atoms with Gasteiger partial charge in [0, 0.05) is 17.2 Å². The van der Waals surface area contributed by atoms with Crippen LogP contribution < -0.4 is 5.32 Å². The van der Waals surface area contributed by atoms with Crippen molar-refractivity contribution in [1.29, 1.82) is 0 Å². The van der Waals surface area contributed by atoms with Gasteiger partial charge in [-0.25, -0.2) is 18.7 Å². The monoisotopic (exact) mass is 467 g/mol. The zero-order valence-electron chi connectivity index (χ0n) is 15.2. The standard InChI is InChI=1S/C18H12ClF2N5O2S2/c1-30(28)15-13(21)12(19)11(7-5-22-26-14(7)15)9-2-3-10-17(23-9)29-18(24-10)25-16(27)6-4-8(6)20/h2-3,5-6,8H,4H2,1H3,(H,22,26)(H,24,25,27)/t6-,8+,30?/m1/s1. The normalized spacial score (nSPS) is 19.3. The Labute approximate surface area is 179 Å². The summed E-state index contributed by atoms with van der Waals surface area (Å²) in [5, 5.41) is 9.80. The van der Waals surface area contributed by atoms with Crippen LogP contribution in [0.5, 0.6) is 0 Å². The molecule has 0 aliphatic heterocycles. The molecule has 3 heterocycles. The molecule has 154 valence electrons. The summed E-state index contributed by atoms with van der Waals surface area (Å²) >= 11 is 7.42. The minimum absolute atomic E-state index is 0.0497. The number of halogens is 3. The highest BCUT2D eigenvalue weighted by molar-refractivity contribution is 7.84. The second kappa shape index (κ2) is 7.03. The topological polar surface area (TPSA) is 101 Å². The van der Waals surface area contributed by atoms with Crippen LogP contribution in [0.25, 0.3) is 32.5 Å². The molecule has 1 saturated carbocycles. The van der Waals surface area contributed by atoms with Crippen LogP contribution >= 0.6 is 22.9 Å². The fourth-order valence-corrected chi connectivity index (χ4v) is 5.24. The lowest BCUT2D eigenvalue weighted by molar-refractivity contribution is -0.117. The van der Waals surface area contributed by atoms with Crippen LogP contribution in [0.1, 0.15) is 6.42 Å². The van der Waals surface area contributed by atoms with E-state index in [9.17, 15) is 17.8 Å². The van der Waals surface area contributed by atoms with Crippen LogP contribution in [0.2, 0.25) is 5.02 Å². The quantitative estimate of drug-likeness (QED) is 0.471. The molecule has 3 aromatic heterocycles. The third-order valence-corrected chi connectivity index (χ3v) is 7.02. The van der Waals surface area contributed by atoms with E-state index in [1.54, 1.807) is 12.1 Å². The zero-order chi connectivity index (χ0) is 21.2. The third kappa shape index (κ3) is 3.08. The molecule has 1 aliphatic rings. The van der Waals surface area contributed by atoms with E-state index in [1.807, 2.05) is 0 Å². The lowest BCUT2D eigenvalue weighted by Crippen LogP contribution is -2.14. The Kier molecular flexibility index (Phi) is 4.56. The molecule has 0 spiro atoms. The number of carbonyl (C=O) groups excluding carboxylic acids is 1. The van der Waals surface area contributed by atoms with Crippen LogP contribution in [-0.4, -0.2) is 42.7 Å². The van der Waals surface area contributed by atoms with Gasteiger partial charge >= 0.3 is 0 Å². The molecule has 1 aromatic carbocycles. The van der Waals surface area contributed by atoms with Gasteiger partial charge in [0.2, 0.25) is 5.91 Å². The number of H-pyrrole nitrogens is 1. The van der Waals surface area contributed by atoms with Gasteiger partial charge in [-0.05, 0) is 18.6 Å². The molecular formula is C18H12ClF2N5O2S2. The molecular weight excluding hydrogens is 456 g/mol. The van der Waals surface area contributed by atoms with Crippen LogP contribution in [0.15, 0.2) is 23.2 Å². The molecule has 0 saturated heterocycles. The molecule has 5 rings (SSSR count). The Bertz CT molecular complexity index is 1370. The Balaban J connectivity index is 1.60. The number of anilines is 1. The average molecular weight is 468 g/mol. The Morgan fingerprint density at radius 2 is 2.17 bits per heavy atom. The van der Waals surface area contributed by atoms with Gasteiger partial charge in [0.05, 0.1) is 39.1 Å². The number of fused-ring (bicyclic) bond motifs is 2. The summed E-state index contributed by atoms with van der Waals surface area (Å²) < 4.78 is 40.0. The molecule has 2 N–H and O–H groups in total. The molecule has 1 aliphatic carbocycles. The van der Waals surface area contributed by atoms with E-state index in [0.717, 1.165) is 11.3 Å². The van der Waals surface area contributed by atoms with E-state index in [2.05, 4.69) is 25.5 Å². The molecule has 12 heteroatoms. The first-order chi connectivity index (χ1) is 14.3. The molecule has 1 unspecified atom stereocenters. The van der Waals surface area contributed by atoms with Crippen molar-refractivity contribution in [2.45, 2.75) is 17.5 Å². The summed E-state index contributed by atoms with van der Waals surface area (Å²) in [5.74, 6) is -1.83. The van der Waals surface area contributed by atoms with Crippen molar-refractivity contribution in [3.63, 3.8) is 0 Å². The summed E-state index contributed by atoms with van der Waals surface area (Å²) in [6.07, 6.45) is 1.96. The first kappa shape index (κ1) is 19.5. The molecule has 30 heavy (non-hydrogen) atoms. The van der Waals surface area contributed by atoms with Crippen molar-refractivity contribution in [2.75, 3.05) is 11.6 Å². The SMILES string of the molecule is CS(=O)c1c(F)c(Cl)c(-c2ccc3nc(NC(=O)[C@@H]4C[C@@H]4F)sc3n2)c2cn[nH]c12. The van der Waals surface area contributed by atoms with E-state index in [1.165, 1.54) is 12.5 Å². The van der Waals surface area contributed by atoms with E-state index in [-0.39, 0.29) is 21.9 Å². The van der Waals surface area contributed by atoms with E-state index >= 15 is 0 Å². The highest BCUT2D eigenvalue weighted by Gasteiger charge is 2.43. The maximum atomic E-state index is 14.9. The maximum Gasteiger partial charge on any atom is 0.232 e. The Hall–Kier alpha value is -2.50. The van der Waals surface area contributed by atoms with Crippen molar-refractivity contribution in [3.8, 4) is 11.3 Å². The summed E-state index contributed by atoms with van der Waals surface area (Å²) in [6.45, 7) is 0. The zero-order valence-corrected chi connectivity index (χ0v) is 17.6. The summed E-state index contributed by atoms with van der Waals surface area (Å²) in [7, 11) is -1.62. The lowest BCUT2D eigenvalue weighted by atomic mass is 10.1. The van der Waals surface area contributed by atoms with Crippen LogP contribution in [0.3, 0.4) is 0 Å². The van der Waals surface area contributed by atoms with Gasteiger partial charge in [0.1, 0.15) is 21.4 Å². The number of aromatic amines is 1. The number of aromatic nitrogens is 4. The number of nitrogens with one attached hydrogen (secondary N) is 2. The highest BCUT2D eigenvalue weighted by atomic mass is 35.5. The first-order valence-corrected chi connectivity index (χ1v) is 11.5. The van der Waals surface area contributed by atoms with E-state index in [4.69, 9.17) is 11.6 Å². The summed E-state index contributed by atoms with van der Waals surface area (Å²) in [4.78, 5) is 21.2. The van der Waals surface area contributed by atoms with E-state index in [0.29, 0.717) is 32.1 Å². The number of carbonyl (C=O) groups is 1. The van der Waals surface area contributed by atoms with Crippen molar-refractivity contribution in [2.24, 2.45) is 5.92 Å². The minimum atomic E-state index is -1.62. The number of benzene rings is 1. The summed E-state index contributed by atoms with van der Waals surface area (Å²) in [6, 6.07) is 3.30. The predicted octanol–water partition coefficient (Wildman–Crippen LogP) is 4.06. The number of hydrogen-bond donors (Lipinski definition) is 2. The molecule has 4 aromatic rings. The number of amides is 1. The fourth-order valence-electron chi connectivity index (χ4n) is 3.25. The van der Waals surface area contributed by atoms with Crippen LogP contribution in [0.4, 0.5) is 13.9 Å². The smallest absolute Gasteiger partial charge is 0.232 e. The van der Waals surface area contributed by atoms with Gasteiger partial charge in [0.15, 0.2) is 10.9 Å². The Morgan fingerprint density at radius 1 is 1.40 bits per heavy atom. The first-order valence-electron chi connectivity index (χ1n) is 8.75. The average Bonchev–Trinajstić information content (AvgIpc) is 3.08. The van der Waals surface area contributed by atoms with Gasteiger partial charge < -0.3 is 5.32 Å². The highest BCUT2D eigenvalue weighted by Crippen LogP contribution is 2.40. The second-order valence-electron chi connectivity index (χ2n) is 6.83. The lowest BCUT2D eigenvalue weighted by Gasteiger charge is -2.10. The maximum absolute atomic E-state index is 14.9. The number of thiazole rings is 1. The molecule has 0 radical (unpaired) electrons.